The molecule has 158 valence electrons. The van der Waals surface area contributed by atoms with Gasteiger partial charge in [-0.25, -0.2) is 4.39 Å². The molecule has 1 fully saturated rings. The minimum Gasteiger partial charge on any atom is -0.486 e. The van der Waals surface area contributed by atoms with Gasteiger partial charge in [-0.15, -0.1) is 0 Å². The van der Waals surface area contributed by atoms with Crippen molar-refractivity contribution in [3.8, 4) is 17.2 Å². The molecule has 1 aromatic heterocycles. The maximum Gasteiger partial charge on any atom is 0.274 e. The fourth-order valence-electron chi connectivity index (χ4n) is 4.16. The number of carbonyl (C=O) groups excluding carboxylic acids is 1. The van der Waals surface area contributed by atoms with E-state index in [0.29, 0.717) is 31.3 Å². The topological polar surface area (TPSA) is 73.7 Å². The number of carbonyl (C=O) groups is 1. The fraction of sp³-hybridized carbons (Fsp3) is 0.261. The van der Waals surface area contributed by atoms with Crippen LogP contribution in [0.3, 0.4) is 0 Å². The predicted molar refractivity (Wildman–Crippen MR) is 110 cm³/mol. The molecule has 1 unspecified atom stereocenters. The van der Waals surface area contributed by atoms with Crippen LogP contribution in [0.15, 0.2) is 59.4 Å². The number of hydrogen-bond acceptors (Lipinski definition) is 5. The van der Waals surface area contributed by atoms with Gasteiger partial charge in [-0.1, -0.05) is 24.3 Å². The number of benzene rings is 2. The molecular weight excluding hydrogens is 401 g/mol. The molecule has 0 aliphatic carbocycles. The normalized spacial score (nSPS) is 17.6. The maximum atomic E-state index is 14.2. The Bertz CT molecular complexity index is 1210. The van der Waals surface area contributed by atoms with Crippen molar-refractivity contribution in [3.63, 3.8) is 0 Å². The first kappa shape index (κ1) is 19.3. The zero-order valence-electron chi connectivity index (χ0n) is 16.7. The Morgan fingerprint density at radius 3 is 2.74 bits per heavy atom. The first-order valence-corrected chi connectivity index (χ1v) is 10.2. The van der Waals surface area contributed by atoms with Crippen molar-refractivity contribution in [3.05, 3.63) is 82.0 Å². The summed E-state index contributed by atoms with van der Waals surface area (Å²) < 4.78 is 26.7. The summed E-state index contributed by atoms with van der Waals surface area (Å²) in [5, 5.41) is 4.18. The van der Waals surface area contributed by atoms with Gasteiger partial charge in [0.25, 0.3) is 11.5 Å². The fourth-order valence-corrected chi connectivity index (χ4v) is 4.16. The Labute approximate surface area is 177 Å². The number of aromatic nitrogens is 2. The van der Waals surface area contributed by atoms with Gasteiger partial charge >= 0.3 is 0 Å². The Kier molecular flexibility index (Phi) is 4.89. The van der Waals surface area contributed by atoms with Crippen molar-refractivity contribution in [2.75, 3.05) is 19.8 Å². The van der Waals surface area contributed by atoms with E-state index in [2.05, 4.69) is 5.10 Å². The molecule has 1 amide bonds. The van der Waals surface area contributed by atoms with Crippen LogP contribution in [-0.4, -0.2) is 40.3 Å². The minimum absolute atomic E-state index is 0.00259. The molecule has 0 saturated carbocycles. The van der Waals surface area contributed by atoms with Gasteiger partial charge in [0, 0.05) is 18.2 Å². The van der Waals surface area contributed by atoms with Crippen LogP contribution in [0.1, 0.15) is 34.9 Å². The zero-order valence-corrected chi connectivity index (χ0v) is 16.7. The van der Waals surface area contributed by atoms with Gasteiger partial charge in [0.1, 0.15) is 30.4 Å². The largest absolute Gasteiger partial charge is 0.486 e. The molecule has 31 heavy (non-hydrogen) atoms. The molecule has 3 aromatic rings. The molecule has 0 bridgehead atoms. The molecular formula is C23H20FN3O4. The van der Waals surface area contributed by atoms with Gasteiger partial charge in [0.2, 0.25) is 0 Å². The Balaban J connectivity index is 1.50. The molecule has 2 aliphatic heterocycles. The lowest BCUT2D eigenvalue weighted by atomic mass is 10.0. The van der Waals surface area contributed by atoms with Crippen LogP contribution >= 0.6 is 0 Å². The van der Waals surface area contributed by atoms with Gasteiger partial charge in [-0.05, 0) is 37.1 Å². The smallest absolute Gasteiger partial charge is 0.274 e. The molecule has 0 radical (unpaired) electrons. The summed E-state index contributed by atoms with van der Waals surface area (Å²) >= 11 is 0. The number of rotatable bonds is 3. The number of hydrogen-bond donors (Lipinski definition) is 0. The van der Waals surface area contributed by atoms with Crippen LogP contribution in [-0.2, 0) is 0 Å². The highest BCUT2D eigenvalue weighted by Crippen LogP contribution is 2.43. The van der Waals surface area contributed by atoms with E-state index in [4.69, 9.17) is 9.47 Å². The number of ether oxygens (including phenoxy) is 2. The highest BCUT2D eigenvalue weighted by Gasteiger charge is 2.34. The second-order valence-electron chi connectivity index (χ2n) is 7.45. The zero-order chi connectivity index (χ0) is 21.4. The van der Waals surface area contributed by atoms with Crippen molar-refractivity contribution in [1.82, 2.24) is 14.7 Å². The van der Waals surface area contributed by atoms with Crippen LogP contribution in [0.2, 0.25) is 0 Å². The SMILES string of the molecule is O=C(c1ccc(=O)n(-c2ccccc2F)n1)N1CCCC1c1cccc2c1OCCO2. The highest BCUT2D eigenvalue weighted by atomic mass is 19.1. The van der Waals surface area contributed by atoms with Crippen molar-refractivity contribution in [2.45, 2.75) is 18.9 Å². The van der Waals surface area contributed by atoms with E-state index in [1.165, 1.54) is 30.3 Å². The number of likely N-dealkylation sites (tertiary alicyclic amines) is 1. The average Bonchev–Trinajstić information content (AvgIpc) is 3.29. The standard InChI is InChI=1S/C23H20FN3O4/c24-16-6-1-2-7-19(16)27-21(28)11-10-17(25-27)23(29)26-12-4-8-18(26)15-5-3-9-20-22(15)31-14-13-30-20/h1-3,5-7,9-11,18H,4,8,12-14H2. The van der Waals surface area contributed by atoms with Gasteiger partial charge in [-0.3, -0.25) is 9.59 Å². The number of para-hydroxylation sites is 2. The van der Waals surface area contributed by atoms with E-state index in [-0.39, 0.29) is 23.3 Å². The third-order valence-electron chi connectivity index (χ3n) is 5.57. The summed E-state index contributed by atoms with van der Waals surface area (Å²) in [7, 11) is 0. The van der Waals surface area contributed by atoms with Crippen molar-refractivity contribution in [1.29, 1.82) is 0 Å². The average molecular weight is 421 g/mol. The van der Waals surface area contributed by atoms with Crippen molar-refractivity contribution in [2.24, 2.45) is 0 Å². The second kappa shape index (κ2) is 7.86. The summed E-state index contributed by atoms with van der Waals surface area (Å²) in [4.78, 5) is 27.4. The van der Waals surface area contributed by atoms with Crippen LogP contribution in [0.5, 0.6) is 11.5 Å². The monoisotopic (exact) mass is 421 g/mol. The highest BCUT2D eigenvalue weighted by molar-refractivity contribution is 5.92. The molecule has 1 saturated heterocycles. The molecule has 3 heterocycles. The predicted octanol–water partition coefficient (Wildman–Crippen LogP) is 3.12. The molecule has 5 rings (SSSR count). The van der Waals surface area contributed by atoms with Crippen molar-refractivity contribution < 1.29 is 18.7 Å². The molecule has 0 N–H and O–H groups in total. The summed E-state index contributed by atoms with van der Waals surface area (Å²) in [5.74, 6) is 0.438. The Morgan fingerprint density at radius 2 is 1.87 bits per heavy atom. The lowest BCUT2D eigenvalue weighted by molar-refractivity contribution is 0.0722. The minimum atomic E-state index is -0.589. The van der Waals surface area contributed by atoms with Crippen LogP contribution < -0.4 is 15.0 Å². The van der Waals surface area contributed by atoms with Crippen LogP contribution in [0.25, 0.3) is 5.69 Å². The van der Waals surface area contributed by atoms with E-state index in [9.17, 15) is 14.0 Å². The second-order valence-corrected chi connectivity index (χ2v) is 7.45. The molecule has 7 nitrogen and oxygen atoms in total. The Hall–Kier alpha value is -3.68. The van der Waals surface area contributed by atoms with Crippen LogP contribution in [0.4, 0.5) is 4.39 Å². The first-order valence-electron chi connectivity index (χ1n) is 10.2. The Morgan fingerprint density at radius 1 is 1.03 bits per heavy atom. The number of fused-ring (bicyclic) bond motifs is 1. The summed E-state index contributed by atoms with van der Waals surface area (Å²) in [6.07, 6.45) is 1.60. The molecule has 0 spiro atoms. The lowest BCUT2D eigenvalue weighted by Crippen LogP contribution is -2.34. The van der Waals surface area contributed by atoms with Crippen molar-refractivity contribution >= 4 is 5.91 Å². The van der Waals surface area contributed by atoms with Crippen LogP contribution in [0, 0.1) is 5.82 Å². The molecule has 2 aromatic carbocycles. The number of nitrogens with zero attached hydrogens (tertiary/aromatic N) is 3. The lowest BCUT2D eigenvalue weighted by Gasteiger charge is -2.28. The third-order valence-corrected chi connectivity index (χ3v) is 5.57. The summed E-state index contributed by atoms with van der Waals surface area (Å²) in [5.41, 5.74) is 0.465. The van der Waals surface area contributed by atoms with Gasteiger partial charge in [-0.2, -0.15) is 9.78 Å². The van der Waals surface area contributed by atoms with Gasteiger partial charge < -0.3 is 14.4 Å². The first-order chi connectivity index (χ1) is 15.1. The summed E-state index contributed by atoms with van der Waals surface area (Å²) in [6, 6.07) is 13.9. The molecule has 2 aliphatic rings. The third kappa shape index (κ3) is 3.43. The van der Waals surface area contributed by atoms with E-state index < -0.39 is 11.4 Å². The molecule has 8 heteroatoms. The number of halogens is 1. The van der Waals surface area contributed by atoms with E-state index in [1.807, 2.05) is 18.2 Å². The van der Waals surface area contributed by atoms with E-state index in [0.717, 1.165) is 23.1 Å². The van der Waals surface area contributed by atoms with Gasteiger partial charge in [0.05, 0.1) is 6.04 Å². The van der Waals surface area contributed by atoms with Gasteiger partial charge in [0.15, 0.2) is 11.5 Å². The summed E-state index contributed by atoms with van der Waals surface area (Å²) in [6.45, 7) is 1.50. The maximum absolute atomic E-state index is 14.2. The quantitative estimate of drug-likeness (QED) is 0.650. The molecule has 1 atom stereocenters. The van der Waals surface area contributed by atoms with E-state index in [1.54, 1.807) is 11.0 Å². The number of amides is 1. The van der Waals surface area contributed by atoms with E-state index >= 15 is 0 Å².